The monoisotopic (exact) mass is 245 g/mol. The maximum Gasteiger partial charge on any atom is 0.117 e. The third-order valence-corrected chi connectivity index (χ3v) is 3.66. The van der Waals surface area contributed by atoms with E-state index in [0.29, 0.717) is 6.04 Å². The van der Waals surface area contributed by atoms with Crippen molar-refractivity contribution in [3.05, 3.63) is 29.8 Å². The summed E-state index contributed by atoms with van der Waals surface area (Å²) >= 11 is 0. The van der Waals surface area contributed by atoms with Gasteiger partial charge < -0.3 is 4.74 Å². The summed E-state index contributed by atoms with van der Waals surface area (Å²) in [7, 11) is 0. The van der Waals surface area contributed by atoms with Gasteiger partial charge in [0.05, 0.1) is 24.9 Å². The molecule has 0 saturated carbocycles. The van der Waals surface area contributed by atoms with Gasteiger partial charge in [0.1, 0.15) is 5.84 Å². The van der Waals surface area contributed by atoms with Gasteiger partial charge in [0.2, 0.25) is 0 Å². The topological polar surface area (TPSA) is 28.1 Å². The number of hydrazine groups is 1. The van der Waals surface area contributed by atoms with Crippen LogP contribution in [0.15, 0.2) is 29.3 Å². The molecule has 1 saturated heterocycles. The van der Waals surface area contributed by atoms with Crippen molar-refractivity contribution in [3.8, 4) is 0 Å². The van der Waals surface area contributed by atoms with Gasteiger partial charge in [0, 0.05) is 18.7 Å². The molecule has 1 unspecified atom stereocenters. The van der Waals surface area contributed by atoms with Crippen molar-refractivity contribution in [2.75, 3.05) is 26.3 Å². The Bertz CT molecular complexity index is 466. The first kappa shape index (κ1) is 11.7. The van der Waals surface area contributed by atoms with Gasteiger partial charge in [-0.25, -0.2) is 10.0 Å². The molecule has 1 atom stereocenters. The second-order valence-electron chi connectivity index (χ2n) is 4.80. The lowest BCUT2D eigenvalue weighted by molar-refractivity contribution is -0.0679. The number of morpholine rings is 1. The SMILES string of the molecule is CC1=Nc2ccccc2C(C)N1N1CCOCC1. The number of benzene rings is 1. The summed E-state index contributed by atoms with van der Waals surface area (Å²) in [6.07, 6.45) is 0. The minimum absolute atomic E-state index is 0.344. The molecule has 2 aliphatic rings. The molecule has 2 aliphatic heterocycles. The summed E-state index contributed by atoms with van der Waals surface area (Å²) in [5.74, 6) is 1.07. The van der Waals surface area contributed by atoms with Gasteiger partial charge in [-0.15, -0.1) is 0 Å². The molecule has 3 rings (SSSR count). The average Bonchev–Trinajstić information content (AvgIpc) is 2.40. The van der Waals surface area contributed by atoms with Gasteiger partial charge in [0.25, 0.3) is 0 Å². The number of para-hydroxylation sites is 1. The van der Waals surface area contributed by atoms with Crippen molar-refractivity contribution in [1.82, 2.24) is 10.0 Å². The van der Waals surface area contributed by atoms with Crippen LogP contribution in [-0.2, 0) is 4.74 Å². The van der Waals surface area contributed by atoms with E-state index in [9.17, 15) is 0 Å². The molecule has 4 nitrogen and oxygen atoms in total. The lowest BCUT2D eigenvalue weighted by Crippen LogP contribution is -2.52. The predicted molar refractivity (Wildman–Crippen MR) is 71.9 cm³/mol. The van der Waals surface area contributed by atoms with E-state index in [4.69, 9.17) is 9.73 Å². The molecule has 4 heteroatoms. The average molecular weight is 245 g/mol. The Hall–Kier alpha value is -1.39. The molecular formula is C14H19N3O. The maximum atomic E-state index is 5.42. The first-order valence-corrected chi connectivity index (χ1v) is 6.53. The Balaban J connectivity index is 1.93. The van der Waals surface area contributed by atoms with Crippen LogP contribution in [-0.4, -0.2) is 42.2 Å². The van der Waals surface area contributed by atoms with E-state index in [2.05, 4.69) is 42.1 Å². The Morgan fingerprint density at radius 2 is 1.94 bits per heavy atom. The lowest BCUT2D eigenvalue weighted by atomic mass is 10.0. The van der Waals surface area contributed by atoms with E-state index >= 15 is 0 Å². The zero-order valence-electron chi connectivity index (χ0n) is 11.0. The predicted octanol–water partition coefficient (Wildman–Crippen LogP) is 2.36. The minimum Gasteiger partial charge on any atom is -0.379 e. The van der Waals surface area contributed by atoms with E-state index < -0.39 is 0 Å². The van der Waals surface area contributed by atoms with Crippen LogP contribution in [0, 0.1) is 0 Å². The second kappa shape index (κ2) is 4.71. The molecular weight excluding hydrogens is 226 g/mol. The third kappa shape index (κ3) is 1.91. The molecule has 0 radical (unpaired) electrons. The minimum atomic E-state index is 0.344. The zero-order valence-corrected chi connectivity index (χ0v) is 11.0. The van der Waals surface area contributed by atoms with Gasteiger partial charge in [-0.2, -0.15) is 0 Å². The molecule has 0 N–H and O–H groups in total. The first-order valence-electron chi connectivity index (χ1n) is 6.53. The molecule has 1 aromatic rings. The number of rotatable bonds is 1. The number of hydrogen-bond acceptors (Lipinski definition) is 4. The van der Waals surface area contributed by atoms with Crippen LogP contribution >= 0.6 is 0 Å². The third-order valence-electron chi connectivity index (χ3n) is 3.66. The highest BCUT2D eigenvalue weighted by Crippen LogP contribution is 2.35. The maximum absolute atomic E-state index is 5.42. The summed E-state index contributed by atoms with van der Waals surface area (Å²) in [6.45, 7) is 7.82. The molecule has 0 aliphatic carbocycles. The van der Waals surface area contributed by atoms with Crippen LogP contribution in [0.1, 0.15) is 25.5 Å². The van der Waals surface area contributed by atoms with Crippen molar-refractivity contribution in [2.24, 2.45) is 4.99 Å². The number of nitrogens with zero attached hydrogens (tertiary/aromatic N) is 3. The lowest BCUT2D eigenvalue weighted by Gasteiger charge is -2.44. The Kier molecular flexibility index (Phi) is 3.06. The highest BCUT2D eigenvalue weighted by Gasteiger charge is 2.29. The fraction of sp³-hybridized carbons (Fsp3) is 0.500. The van der Waals surface area contributed by atoms with E-state index in [1.807, 2.05) is 6.07 Å². The first-order chi connectivity index (χ1) is 8.77. The van der Waals surface area contributed by atoms with E-state index in [-0.39, 0.29) is 0 Å². The van der Waals surface area contributed by atoms with Crippen molar-refractivity contribution in [2.45, 2.75) is 19.9 Å². The molecule has 0 amide bonds. The fourth-order valence-electron chi connectivity index (χ4n) is 2.80. The number of ether oxygens (including phenoxy) is 1. The van der Waals surface area contributed by atoms with E-state index in [1.54, 1.807) is 0 Å². The van der Waals surface area contributed by atoms with Gasteiger partial charge in [-0.1, -0.05) is 18.2 Å². The number of fused-ring (bicyclic) bond motifs is 1. The summed E-state index contributed by atoms with van der Waals surface area (Å²) < 4.78 is 5.42. The molecule has 18 heavy (non-hydrogen) atoms. The van der Waals surface area contributed by atoms with Gasteiger partial charge in [-0.05, 0) is 19.9 Å². The summed E-state index contributed by atoms with van der Waals surface area (Å²) in [4.78, 5) is 4.71. The smallest absolute Gasteiger partial charge is 0.117 e. The van der Waals surface area contributed by atoms with Gasteiger partial charge in [0.15, 0.2) is 0 Å². The Morgan fingerprint density at radius 1 is 1.22 bits per heavy atom. The summed E-state index contributed by atoms with van der Waals surface area (Å²) in [5, 5.41) is 4.66. The largest absolute Gasteiger partial charge is 0.379 e. The zero-order chi connectivity index (χ0) is 12.5. The van der Waals surface area contributed by atoms with Crippen molar-refractivity contribution in [3.63, 3.8) is 0 Å². The highest BCUT2D eigenvalue weighted by atomic mass is 16.5. The van der Waals surface area contributed by atoms with Crippen LogP contribution in [0.4, 0.5) is 5.69 Å². The molecule has 0 bridgehead atoms. The molecule has 0 spiro atoms. The van der Waals surface area contributed by atoms with Crippen LogP contribution in [0.3, 0.4) is 0 Å². The Morgan fingerprint density at radius 3 is 2.72 bits per heavy atom. The summed E-state index contributed by atoms with van der Waals surface area (Å²) in [6, 6.07) is 8.74. The summed E-state index contributed by atoms with van der Waals surface area (Å²) in [5.41, 5.74) is 2.40. The van der Waals surface area contributed by atoms with Crippen LogP contribution in [0.2, 0.25) is 0 Å². The van der Waals surface area contributed by atoms with E-state index in [0.717, 1.165) is 37.8 Å². The molecule has 0 aromatic heterocycles. The van der Waals surface area contributed by atoms with Crippen molar-refractivity contribution >= 4 is 11.5 Å². The van der Waals surface area contributed by atoms with Gasteiger partial charge in [-0.3, -0.25) is 5.01 Å². The molecule has 1 aromatic carbocycles. The van der Waals surface area contributed by atoms with Crippen molar-refractivity contribution < 1.29 is 4.74 Å². The quantitative estimate of drug-likeness (QED) is 0.760. The number of amidine groups is 1. The van der Waals surface area contributed by atoms with E-state index in [1.165, 1.54) is 5.56 Å². The number of hydrogen-bond donors (Lipinski definition) is 0. The standard InChI is InChI=1S/C14H19N3O/c1-11-13-5-3-4-6-14(13)15-12(2)17(11)16-7-9-18-10-8-16/h3-6,11H,7-10H2,1-2H3. The van der Waals surface area contributed by atoms with Crippen LogP contribution in [0.5, 0.6) is 0 Å². The Labute approximate surface area is 108 Å². The van der Waals surface area contributed by atoms with Crippen LogP contribution < -0.4 is 0 Å². The van der Waals surface area contributed by atoms with Crippen LogP contribution in [0.25, 0.3) is 0 Å². The normalized spacial score (nSPS) is 24.7. The second-order valence-corrected chi connectivity index (χ2v) is 4.80. The highest BCUT2D eigenvalue weighted by molar-refractivity contribution is 5.85. The van der Waals surface area contributed by atoms with Gasteiger partial charge >= 0.3 is 0 Å². The molecule has 2 heterocycles. The number of aliphatic imine (C=N–C) groups is 1. The molecule has 96 valence electrons. The van der Waals surface area contributed by atoms with Crippen molar-refractivity contribution in [1.29, 1.82) is 0 Å². The fourth-order valence-corrected chi connectivity index (χ4v) is 2.80. The molecule has 1 fully saturated rings.